The Balaban J connectivity index is 4.21. The summed E-state index contributed by atoms with van der Waals surface area (Å²) >= 11 is 3.45. The minimum atomic E-state index is -0.484. The molecule has 1 N–H and O–H groups in total. The summed E-state index contributed by atoms with van der Waals surface area (Å²) in [6, 6.07) is 0. The first-order valence-electron chi connectivity index (χ1n) is 7.04. The van der Waals surface area contributed by atoms with Crippen molar-refractivity contribution >= 4 is 22.0 Å². The fraction of sp³-hybridized carbons (Fsp3) is 0.933. The molecule has 5 heteroatoms. The fourth-order valence-electron chi connectivity index (χ4n) is 1.31. The minimum Gasteiger partial charge on any atom is -0.444 e. The third-order valence-corrected chi connectivity index (χ3v) is 3.78. The molecule has 0 radical (unpaired) electrons. The average Bonchev–Trinajstić information content (AvgIpc) is 2.22. The number of halogens is 1. The van der Waals surface area contributed by atoms with Crippen LogP contribution in [0.5, 0.6) is 0 Å². The van der Waals surface area contributed by atoms with Crippen LogP contribution in [-0.4, -0.2) is 35.8 Å². The number of amides is 1. The summed E-state index contributed by atoms with van der Waals surface area (Å²) in [6.07, 6.45) is 0.561. The normalized spacial score (nSPS) is 15.6. The van der Waals surface area contributed by atoms with Gasteiger partial charge in [0.25, 0.3) is 0 Å². The van der Waals surface area contributed by atoms with Gasteiger partial charge in [-0.1, -0.05) is 36.7 Å². The molecule has 4 nitrogen and oxygen atoms in total. The van der Waals surface area contributed by atoms with Crippen molar-refractivity contribution in [3.63, 3.8) is 0 Å². The number of alkyl halides is 1. The molecule has 120 valence electrons. The highest BCUT2D eigenvalue weighted by Crippen LogP contribution is 2.21. The molecular formula is C15H30BrNO3. The van der Waals surface area contributed by atoms with Gasteiger partial charge in [0.15, 0.2) is 0 Å². The van der Waals surface area contributed by atoms with Crippen LogP contribution in [0.3, 0.4) is 0 Å². The summed E-state index contributed by atoms with van der Waals surface area (Å²) in [5, 5.41) is 3.41. The maximum atomic E-state index is 11.7. The van der Waals surface area contributed by atoms with Crippen molar-refractivity contribution < 1.29 is 14.3 Å². The van der Waals surface area contributed by atoms with E-state index in [1.165, 1.54) is 0 Å². The molecule has 1 unspecified atom stereocenters. The summed E-state index contributed by atoms with van der Waals surface area (Å²) in [6.45, 7) is 15.1. The van der Waals surface area contributed by atoms with Crippen molar-refractivity contribution in [3.05, 3.63) is 0 Å². The van der Waals surface area contributed by atoms with E-state index in [4.69, 9.17) is 9.47 Å². The molecule has 0 fully saturated rings. The zero-order valence-corrected chi connectivity index (χ0v) is 15.5. The number of alkyl carbamates (subject to hydrolysis) is 1. The van der Waals surface area contributed by atoms with Crippen LogP contribution in [0.15, 0.2) is 0 Å². The van der Waals surface area contributed by atoms with Gasteiger partial charge in [-0.15, -0.1) is 0 Å². The third-order valence-electron chi connectivity index (χ3n) is 2.59. The van der Waals surface area contributed by atoms with Gasteiger partial charge in [-0.3, -0.25) is 0 Å². The lowest BCUT2D eigenvalue weighted by molar-refractivity contribution is -0.0244. The number of hydrogen-bond donors (Lipinski definition) is 1. The predicted octanol–water partition coefficient (Wildman–Crippen LogP) is 4.12. The first-order chi connectivity index (χ1) is 8.87. The summed E-state index contributed by atoms with van der Waals surface area (Å²) in [5.74, 6) is 0. The van der Waals surface area contributed by atoms with Crippen molar-refractivity contribution in [1.29, 1.82) is 0 Å². The second-order valence-electron chi connectivity index (χ2n) is 7.60. The van der Waals surface area contributed by atoms with Crippen LogP contribution in [0, 0.1) is 5.41 Å². The Labute approximate surface area is 132 Å². The Kier molecular flexibility index (Phi) is 7.53. The standard InChI is InChI=1S/C15H30BrNO3/c1-13(2,3)8-9-19-15(7,10-16)11-17-12(18)20-14(4,5)6/h8-11H2,1-7H3,(H,17,18). The lowest BCUT2D eigenvalue weighted by Crippen LogP contribution is -2.46. The number of rotatable bonds is 6. The van der Waals surface area contributed by atoms with E-state index in [1.807, 2.05) is 27.7 Å². The van der Waals surface area contributed by atoms with E-state index in [2.05, 4.69) is 42.0 Å². The van der Waals surface area contributed by atoms with Crippen LogP contribution in [0.1, 0.15) is 54.9 Å². The molecule has 0 saturated heterocycles. The summed E-state index contributed by atoms with van der Waals surface area (Å²) in [5.41, 5.74) is -0.671. The van der Waals surface area contributed by atoms with Gasteiger partial charge < -0.3 is 14.8 Å². The number of hydrogen-bond acceptors (Lipinski definition) is 3. The monoisotopic (exact) mass is 351 g/mol. The van der Waals surface area contributed by atoms with Crippen molar-refractivity contribution in [2.75, 3.05) is 18.5 Å². The summed E-state index contributed by atoms with van der Waals surface area (Å²) in [7, 11) is 0. The van der Waals surface area contributed by atoms with E-state index in [9.17, 15) is 4.79 Å². The van der Waals surface area contributed by atoms with E-state index in [0.29, 0.717) is 18.5 Å². The molecule has 0 heterocycles. The zero-order chi connectivity index (χ0) is 16.0. The second kappa shape index (κ2) is 7.64. The van der Waals surface area contributed by atoms with Crippen molar-refractivity contribution in [2.24, 2.45) is 5.41 Å². The molecule has 0 bridgehead atoms. The molecule has 0 spiro atoms. The number of nitrogens with one attached hydrogen (secondary N) is 1. The Bertz CT molecular complexity index is 307. The highest BCUT2D eigenvalue weighted by Gasteiger charge is 2.26. The van der Waals surface area contributed by atoms with Crippen LogP contribution in [0.2, 0.25) is 0 Å². The van der Waals surface area contributed by atoms with Gasteiger partial charge in [-0.2, -0.15) is 0 Å². The van der Waals surface area contributed by atoms with Gasteiger partial charge in [-0.25, -0.2) is 4.79 Å². The lowest BCUT2D eigenvalue weighted by atomic mass is 9.93. The molecule has 0 aliphatic rings. The van der Waals surface area contributed by atoms with E-state index >= 15 is 0 Å². The highest BCUT2D eigenvalue weighted by atomic mass is 79.9. The molecular weight excluding hydrogens is 322 g/mol. The van der Waals surface area contributed by atoms with Crippen LogP contribution in [0.4, 0.5) is 4.79 Å². The number of carbonyl (C=O) groups is 1. The molecule has 0 aliphatic heterocycles. The maximum Gasteiger partial charge on any atom is 0.407 e. The van der Waals surface area contributed by atoms with Crippen LogP contribution in [0.25, 0.3) is 0 Å². The zero-order valence-electron chi connectivity index (χ0n) is 13.9. The molecule has 1 amide bonds. The Morgan fingerprint density at radius 1 is 1.10 bits per heavy atom. The lowest BCUT2D eigenvalue weighted by Gasteiger charge is -2.30. The van der Waals surface area contributed by atoms with E-state index in [-0.39, 0.29) is 5.41 Å². The summed E-state index contributed by atoms with van der Waals surface area (Å²) < 4.78 is 11.1. The van der Waals surface area contributed by atoms with Crippen molar-refractivity contribution in [1.82, 2.24) is 5.32 Å². The molecule has 0 aromatic carbocycles. The third kappa shape index (κ3) is 10.5. The molecule has 0 rings (SSSR count). The quantitative estimate of drug-likeness (QED) is 0.732. The first-order valence-corrected chi connectivity index (χ1v) is 8.16. The Morgan fingerprint density at radius 3 is 2.05 bits per heavy atom. The Hall–Kier alpha value is -0.290. The van der Waals surface area contributed by atoms with Crippen LogP contribution >= 0.6 is 15.9 Å². The minimum absolute atomic E-state index is 0.242. The molecule has 1 atom stereocenters. The van der Waals surface area contributed by atoms with Crippen molar-refractivity contribution in [2.45, 2.75) is 66.1 Å². The second-order valence-corrected chi connectivity index (χ2v) is 8.16. The largest absolute Gasteiger partial charge is 0.444 e. The molecule has 20 heavy (non-hydrogen) atoms. The van der Waals surface area contributed by atoms with Crippen molar-refractivity contribution in [3.8, 4) is 0 Å². The van der Waals surface area contributed by atoms with Gasteiger partial charge in [0, 0.05) is 11.9 Å². The Morgan fingerprint density at radius 2 is 1.65 bits per heavy atom. The van der Waals surface area contributed by atoms with Crippen LogP contribution in [-0.2, 0) is 9.47 Å². The number of ether oxygens (including phenoxy) is 2. The van der Waals surface area contributed by atoms with E-state index < -0.39 is 17.3 Å². The predicted molar refractivity (Wildman–Crippen MR) is 86.5 cm³/mol. The SMILES string of the molecule is CC(C)(C)CCOC(C)(CBr)CNC(=O)OC(C)(C)C. The molecule has 0 aliphatic carbocycles. The van der Waals surface area contributed by atoms with Gasteiger partial charge in [0.1, 0.15) is 5.60 Å². The number of carbonyl (C=O) groups excluding carboxylic acids is 1. The molecule has 0 aromatic heterocycles. The molecule has 0 aromatic rings. The van der Waals surface area contributed by atoms with Gasteiger partial charge in [-0.05, 0) is 39.5 Å². The van der Waals surface area contributed by atoms with E-state index in [1.54, 1.807) is 0 Å². The average molecular weight is 352 g/mol. The maximum absolute atomic E-state index is 11.7. The summed E-state index contributed by atoms with van der Waals surface area (Å²) in [4.78, 5) is 11.7. The van der Waals surface area contributed by atoms with E-state index in [0.717, 1.165) is 6.42 Å². The topological polar surface area (TPSA) is 47.6 Å². The first kappa shape index (κ1) is 19.7. The highest BCUT2D eigenvalue weighted by molar-refractivity contribution is 9.09. The van der Waals surface area contributed by atoms with Gasteiger partial charge >= 0.3 is 6.09 Å². The smallest absolute Gasteiger partial charge is 0.407 e. The van der Waals surface area contributed by atoms with Crippen LogP contribution < -0.4 is 5.32 Å². The molecule has 0 saturated carbocycles. The van der Waals surface area contributed by atoms with Gasteiger partial charge in [0.2, 0.25) is 0 Å². The fourth-order valence-corrected chi connectivity index (χ4v) is 1.67. The van der Waals surface area contributed by atoms with Gasteiger partial charge in [0.05, 0.1) is 12.1 Å².